The number of piperidine rings is 1. The van der Waals surface area contributed by atoms with Gasteiger partial charge in [0.2, 0.25) is 0 Å². The molecule has 5 heterocycles. The molecule has 1 saturated heterocycles. The molecule has 0 aromatic carbocycles. The van der Waals surface area contributed by atoms with Crippen LogP contribution in [0, 0.1) is 12.8 Å². The van der Waals surface area contributed by atoms with Crippen molar-refractivity contribution in [1.29, 1.82) is 0 Å². The average Bonchev–Trinajstić information content (AvgIpc) is 2.62. The fourth-order valence-corrected chi connectivity index (χ4v) is 4.69. The molecule has 5 rings (SSSR count). The lowest BCUT2D eigenvalue weighted by molar-refractivity contribution is 0.113. The van der Waals surface area contributed by atoms with E-state index in [9.17, 15) is 9.59 Å². The molecule has 138 valence electrons. The van der Waals surface area contributed by atoms with Crippen LogP contribution in [0.25, 0.3) is 5.65 Å². The summed E-state index contributed by atoms with van der Waals surface area (Å²) >= 11 is 0. The van der Waals surface area contributed by atoms with Crippen molar-refractivity contribution >= 4 is 5.65 Å². The summed E-state index contributed by atoms with van der Waals surface area (Å²) in [7, 11) is 0. The van der Waals surface area contributed by atoms with E-state index in [1.54, 1.807) is 22.7 Å². The SMILES string of the molecule is Cc1ccn2c(=O)cc(CN3C[C@@H]4C[C@H](C3)c3cccc(=O)n3C4)nc2c1. The third kappa shape index (κ3) is 2.90. The number of hydrogen-bond acceptors (Lipinski definition) is 4. The van der Waals surface area contributed by atoms with Crippen molar-refractivity contribution in [2.24, 2.45) is 5.92 Å². The lowest BCUT2D eigenvalue weighted by atomic mass is 9.83. The maximum Gasteiger partial charge on any atom is 0.258 e. The van der Waals surface area contributed by atoms with Gasteiger partial charge in [-0.15, -0.1) is 0 Å². The van der Waals surface area contributed by atoms with Crippen LogP contribution in [0.4, 0.5) is 0 Å². The van der Waals surface area contributed by atoms with Crippen LogP contribution in [0.1, 0.15) is 29.3 Å². The molecule has 2 aliphatic rings. The third-order valence-electron chi connectivity index (χ3n) is 5.82. The second-order valence-electron chi connectivity index (χ2n) is 7.91. The molecule has 2 bridgehead atoms. The molecular weight excluding hydrogens is 340 g/mol. The quantitative estimate of drug-likeness (QED) is 0.697. The number of pyridine rings is 2. The normalized spacial score (nSPS) is 22.0. The van der Waals surface area contributed by atoms with Crippen LogP contribution in [-0.2, 0) is 13.1 Å². The first-order valence-corrected chi connectivity index (χ1v) is 9.48. The third-order valence-corrected chi connectivity index (χ3v) is 5.82. The molecule has 0 aliphatic carbocycles. The number of nitrogens with zero attached hydrogens (tertiary/aromatic N) is 4. The Bertz CT molecular complexity index is 1150. The van der Waals surface area contributed by atoms with Crippen molar-refractivity contribution in [1.82, 2.24) is 18.9 Å². The Hall–Kier alpha value is -2.73. The minimum atomic E-state index is -0.0379. The molecule has 3 aromatic rings. The summed E-state index contributed by atoms with van der Waals surface area (Å²) in [6.07, 6.45) is 2.91. The minimum Gasteiger partial charge on any atom is -0.312 e. The van der Waals surface area contributed by atoms with E-state index in [-0.39, 0.29) is 11.1 Å². The molecule has 0 N–H and O–H groups in total. The van der Waals surface area contributed by atoms with Gasteiger partial charge in [-0.3, -0.25) is 18.9 Å². The molecule has 2 aliphatic heterocycles. The van der Waals surface area contributed by atoms with Gasteiger partial charge in [-0.05, 0) is 43.0 Å². The molecule has 0 unspecified atom stereocenters. The fraction of sp³-hybridized carbons (Fsp3) is 0.381. The van der Waals surface area contributed by atoms with E-state index in [0.717, 1.165) is 43.0 Å². The number of hydrogen-bond donors (Lipinski definition) is 0. The summed E-state index contributed by atoms with van der Waals surface area (Å²) in [6.45, 7) is 5.30. The Morgan fingerprint density at radius 3 is 2.85 bits per heavy atom. The highest BCUT2D eigenvalue weighted by molar-refractivity contribution is 5.41. The average molecular weight is 362 g/mol. The van der Waals surface area contributed by atoms with Crippen molar-refractivity contribution in [3.63, 3.8) is 0 Å². The molecule has 6 heteroatoms. The first kappa shape index (κ1) is 16.4. The van der Waals surface area contributed by atoms with Gasteiger partial charge in [0.05, 0.1) is 5.69 Å². The molecule has 3 aromatic heterocycles. The number of likely N-dealkylation sites (tertiary alicyclic amines) is 1. The highest BCUT2D eigenvalue weighted by atomic mass is 16.1. The minimum absolute atomic E-state index is 0.0379. The second kappa shape index (κ2) is 6.16. The maximum absolute atomic E-state index is 12.4. The number of aryl methyl sites for hydroxylation is 1. The zero-order valence-corrected chi connectivity index (χ0v) is 15.3. The molecule has 0 amide bonds. The van der Waals surface area contributed by atoms with Gasteiger partial charge in [0.1, 0.15) is 5.65 Å². The molecule has 2 atom stereocenters. The van der Waals surface area contributed by atoms with Gasteiger partial charge < -0.3 is 4.57 Å². The van der Waals surface area contributed by atoms with Crippen molar-refractivity contribution in [3.05, 3.63) is 80.3 Å². The van der Waals surface area contributed by atoms with Gasteiger partial charge in [-0.2, -0.15) is 0 Å². The van der Waals surface area contributed by atoms with Crippen LogP contribution in [0.3, 0.4) is 0 Å². The summed E-state index contributed by atoms with van der Waals surface area (Å²) in [6, 6.07) is 11.1. The first-order chi connectivity index (χ1) is 13.1. The van der Waals surface area contributed by atoms with Crippen LogP contribution < -0.4 is 11.1 Å². The summed E-state index contributed by atoms with van der Waals surface area (Å²) in [5, 5.41) is 0. The lowest BCUT2D eigenvalue weighted by Gasteiger charge is -2.42. The second-order valence-corrected chi connectivity index (χ2v) is 7.91. The Morgan fingerprint density at radius 1 is 1.07 bits per heavy atom. The molecule has 27 heavy (non-hydrogen) atoms. The molecule has 1 fully saturated rings. The maximum atomic E-state index is 12.4. The molecule has 6 nitrogen and oxygen atoms in total. The Morgan fingerprint density at radius 2 is 1.96 bits per heavy atom. The Labute approximate surface area is 156 Å². The lowest BCUT2D eigenvalue weighted by Crippen LogP contribution is -2.46. The van der Waals surface area contributed by atoms with E-state index in [4.69, 9.17) is 4.98 Å². The van der Waals surface area contributed by atoms with Crippen molar-refractivity contribution < 1.29 is 0 Å². The summed E-state index contributed by atoms with van der Waals surface area (Å²) in [5.41, 5.74) is 3.82. The summed E-state index contributed by atoms with van der Waals surface area (Å²) < 4.78 is 3.53. The van der Waals surface area contributed by atoms with Crippen molar-refractivity contribution in [2.75, 3.05) is 13.1 Å². The number of rotatable bonds is 2. The van der Waals surface area contributed by atoms with Gasteiger partial charge in [-0.1, -0.05) is 6.07 Å². The van der Waals surface area contributed by atoms with E-state index >= 15 is 0 Å². The monoisotopic (exact) mass is 362 g/mol. The molecule has 0 spiro atoms. The predicted octanol–water partition coefficient (Wildman–Crippen LogP) is 1.78. The topological polar surface area (TPSA) is 59.6 Å². The van der Waals surface area contributed by atoms with Crippen molar-refractivity contribution in [3.8, 4) is 0 Å². The predicted molar refractivity (Wildman–Crippen MR) is 103 cm³/mol. The highest BCUT2D eigenvalue weighted by Crippen LogP contribution is 2.35. The zero-order valence-electron chi connectivity index (χ0n) is 15.3. The van der Waals surface area contributed by atoms with Gasteiger partial charge in [0.25, 0.3) is 11.1 Å². The van der Waals surface area contributed by atoms with E-state index < -0.39 is 0 Å². The number of aromatic nitrogens is 3. The smallest absolute Gasteiger partial charge is 0.258 e. The van der Waals surface area contributed by atoms with Gasteiger partial charge in [-0.25, -0.2) is 4.98 Å². The van der Waals surface area contributed by atoms with Crippen LogP contribution in [0.15, 0.2) is 52.2 Å². The molecular formula is C21H22N4O2. The van der Waals surface area contributed by atoms with Crippen LogP contribution >= 0.6 is 0 Å². The van der Waals surface area contributed by atoms with Crippen LogP contribution in [-0.4, -0.2) is 31.9 Å². The van der Waals surface area contributed by atoms with Crippen LogP contribution in [0.5, 0.6) is 0 Å². The summed E-state index contributed by atoms with van der Waals surface area (Å²) in [4.78, 5) is 31.7. The van der Waals surface area contributed by atoms with E-state index in [2.05, 4.69) is 11.0 Å². The fourth-order valence-electron chi connectivity index (χ4n) is 4.69. The zero-order chi connectivity index (χ0) is 18.5. The van der Waals surface area contributed by atoms with Crippen molar-refractivity contribution in [2.45, 2.75) is 32.4 Å². The number of fused-ring (bicyclic) bond motifs is 5. The Balaban J connectivity index is 1.44. The van der Waals surface area contributed by atoms with Crippen LogP contribution in [0.2, 0.25) is 0 Å². The standard InChI is InChI=1S/C21H22N4O2/c1-14-5-6-24-19(7-14)22-17(9-21(24)27)13-23-10-15-8-16(12-23)18-3-2-4-20(26)25(18)11-15/h2-7,9,15-16H,8,10-13H2,1H3/t15-,16+/m0/s1. The molecule has 0 radical (unpaired) electrons. The van der Waals surface area contributed by atoms with Gasteiger partial charge in [0.15, 0.2) is 0 Å². The largest absolute Gasteiger partial charge is 0.312 e. The Kier molecular flexibility index (Phi) is 3.75. The van der Waals surface area contributed by atoms with Gasteiger partial charge in [0, 0.05) is 56.1 Å². The van der Waals surface area contributed by atoms with Gasteiger partial charge >= 0.3 is 0 Å². The highest BCUT2D eigenvalue weighted by Gasteiger charge is 2.34. The van der Waals surface area contributed by atoms with E-state index in [0.29, 0.717) is 24.0 Å². The van der Waals surface area contributed by atoms with E-state index in [1.165, 1.54) is 0 Å². The summed E-state index contributed by atoms with van der Waals surface area (Å²) in [5.74, 6) is 0.843. The molecule has 0 saturated carbocycles. The first-order valence-electron chi connectivity index (χ1n) is 9.48. The van der Waals surface area contributed by atoms with E-state index in [1.807, 2.05) is 29.7 Å².